The maximum absolute atomic E-state index is 13.5. The lowest BCUT2D eigenvalue weighted by atomic mass is 10.1. The molecule has 6 heteroatoms. The first-order chi connectivity index (χ1) is 8.82. The maximum Gasteiger partial charge on any atom is 0.227 e. The summed E-state index contributed by atoms with van der Waals surface area (Å²) in [5.74, 6) is -1.87. The molecule has 1 amide bonds. The highest BCUT2D eigenvalue weighted by atomic mass is 32.1. The van der Waals surface area contributed by atoms with Gasteiger partial charge in [-0.3, -0.25) is 4.79 Å². The molecule has 0 saturated heterocycles. The fourth-order valence-corrected chi connectivity index (χ4v) is 1.82. The number of thiocarbonyl (C=S) groups is 1. The monoisotopic (exact) mass is 286 g/mol. The second-order valence-electron chi connectivity index (χ2n) is 4.46. The van der Waals surface area contributed by atoms with E-state index < -0.39 is 17.5 Å². The van der Waals surface area contributed by atoms with Gasteiger partial charge in [0.2, 0.25) is 5.91 Å². The highest BCUT2D eigenvalue weighted by molar-refractivity contribution is 7.80. The zero-order chi connectivity index (χ0) is 14.6. The van der Waals surface area contributed by atoms with Crippen LogP contribution < -0.4 is 5.73 Å². The van der Waals surface area contributed by atoms with Crippen LogP contribution in [0.15, 0.2) is 18.2 Å². The Hall–Kier alpha value is -1.56. The van der Waals surface area contributed by atoms with Crippen LogP contribution in [0, 0.1) is 11.6 Å². The van der Waals surface area contributed by atoms with Gasteiger partial charge in [0.15, 0.2) is 0 Å². The van der Waals surface area contributed by atoms with Gasteiger partial charge in [0.1, 0.15) is 11.6 Å². The minimum atomic E-state index is -0.729. The summed E-state index contributed by atoms with van der Waals surface area (Å²) < 4.78 is 27.0. The number of carbonyl (C=O) groups excluding carboxylic acids is 1. The average Bonchev–Trinajstić information content (AvgIpc) is 2.30. The number of hydrogen-bond acceptors (Lipinski definition) is 2. The molecule has 0 fully saturated rings. The van der Waals surface area contributed by atoms with Gasteiger partial charge in [-0.1, -0.05) is 18.3 Å². The van der Waals surface area contributed by atoms with Gasteiger partial charge in [-0.15, -0.1) is 0 Å². The molecule has 104 valence electrons. The molecule has 0 spiro atoms. The summed E-state index contributed by atoms with van der Waals surface area (Å²) >= 11 is 4.76. The van der Waals surface area contributed by atoms with E-state index in [0.29, 0.717) is 0 Å². The largest absolute Gasteiger partial charge is 0.392 e. The molecule has 0 aromatic heterocycles. The molecule has 0 saturated carbocycles. The number of hydrogen-bond donors (Lipinski definition) is 1. The van der Waals surface area contributed by atoms with Crippen molar-refractivity contribution in [2.75, 3.05) is 6.54 Å². The van der Waals surface area contributed by atoms with Crippen molar-refractivity contribution < 1.29 is 13.6 Å². The summed E-state index contributed by atoms with van der Waals surface area (Å²) in [6.07, 6.45) is -0.348. The van der Waals surface area contributed by atoms with Gasteiger partial charge in [-0.2, -0.15) is 0 Å². The average molecular weight is 286 g/mol. The molecule has 1 rings (SSSR count). The third-order valence-corrected chi connectivity index (χ3v) is 2.79. The van der Waals surface area contributed by atoms with Crippen molar-refractivity contribution in [1.82, 2.24) is 4.90 Å². The number of nitrogens with two attached hydrogens (primary N) is 1. The Balaban J connectivity index is 2.90. The van der Waals surface area contributed by atoms with Crippen molar-refractivity contribution in [2.45, 2.75) is 26.3 Å². The zero-order valence-electron chi connectivity index (χ0n) is 10.8. The Bertz CT molecular complexity index is 471. The van der Waals surface area contributed by atoms with Crippen molar-refractivity contribution in [1.29, 1.82) is 0 Å². The van der Waals surface area contributed by atoms with Crippen LogP contribution in [0.25, 0.3) is 0 Å². The molecule has 0 atom stereocenters. The fraction of sp³-hybridized carbons (Fsp3) is 0.385. The lowest BCUT2D eigenvalue weighted by molar-refractivity contribution is -0.131. The standard InChI is InChI=1S/C13H16F2N2OS/c1-8(2)17(7-12(16)19)13(18)6-9-10(14)4-3-5-11(9)15/h3-5,8H,6-7H2,1-2H3,(H2,16,19). The predicted molar refractivity (Wildman–Crippen MR) is 73.7 cm³/mol. The number of amides is 1. The Morgan fingerprint density at radius 1 is 1.37 bits per heavy atom. The minimum absolute atomic E-state index is 0.0991. The summed E-state index contributed by atoms with van der Waals surface area (Å²) in [5, 5.41) is 0. The normalized spacial score (nSPS) is 10.6. The summed E-state index contributed by atoms with van der Waals surface area (Å²) in [6, 6.07) is 3.36. The van der Waals surface area contributed by atoms with E-state index >= 15 is 0 Å². The van der Waals surface area contributed by atoms with Crippen LogP contribution in [0.4, 0.5) is 8.78 Å². The topological polar surface area (TPSA) is 46.3 Å². The molecule has 0 aliphatic rings. The van der Waals surface area contributed by atoms with E-state index in [9.17, 15) is 13.6 Å². The van der Waals surface area contributed by atoms with Gasteiger partial charge in [-0.05, 0) is 26.0 Å². The molecule has 0 aliphatic carbocycles. The van der Waals surface area contributed by atoms with E-state index in [4.69, 9.17) is 18.0 Å². The number of rotatable bonds is 5. The molecule has 1 aromatic carbocycles. The number of benzene rings is 1. The molecule has 3 nitrogen and oxygen atoms in total. The summed E-state index contributed by atoms with van der Waals surface area (Å²) in [4.78, 5) is 13.6. The Morgan fingerprint density at radius 2 is 1.89 bits per heavy atom. The van der Waals surface area contributed by atoms with E-state index in [2.05, 4.69) is 0 Å². The molecule has 0 aliphatic heterocycles. The van der Waals surface area contributed by atoms with Crippen molar-refractivity contribution >= 4 is 23.1 Å². The van der Waals surface area contributed by atoms with E-state index in [-0.39, 0.29) is 29.6 Å². The Kier molecular flexibility index (Phi) is 5.35. The lowest BCUT2D eigenvalue weighted by Crippen LogP contribution is -2.43. The highest BCUT2D eigenvalue weighted by Crippen LogP contribution is 2.14. The van der Waals surface area contributed by atoms with Gasteiger partial charge in [-0.25, -0.2) is 8.78 Å². The Morgan fingerprint density at radius 3 is 2.32 bits per heavy atom. The second-order valence-corrected chi connectivity index (χ2v) is 4.98. The van der Waals surface area contributed by atoms with Crippen LogP contribution in [0.1, 0.15) is 19.4 Å². The van der Waals surface area contributed by atoms with E-state index in [1.807, 2.05) is 0 Å². The van der Waals surface area contributed by atoms with Crippen LogP contribution in [0.5, 0.6) is 0 Å². The van der Waals surface area contributed by atoms with Crippen molar-refractivity contribution in [2.24, 2.45) is 5.73 Å². The van der Waals surface area contributed by atoms with Crippen molar-refractivity contribution in [3.8, 4) is 0 Å². The van der Waals surface area contributed by atoms with Gasteiger partial charge in [0.25, 0.3) is 0 Å². The van der Waals surface area contributed by atoms with Gasteiger partial charge >= 0.3 is 0 Å². The minimum Gasteiger partial charge on any atom is -0.392 e. The number of nitrogens with zero attached hydrogens (tertiary/aromatic N) is 1. The smallest absolute Gasteiger partial charge is 0.227 e. The second kappa shape index (κ2) is 6.56. The van der Waals surface area contributed by atoms with Crippen molar-refractivity contribution in [3.63, 3.8) is 0 Å². The zero-order valence-corrected chi connectivity index (χ0v) is 11.6. The molecule has 2 N–H and O–H groups in total. The van der Waals surface area contributed by atoms with Crippen LogP contribution >= 0.6 is 12.2 Å². The highest BCUT2D eigenvalue weighted by Gasteiger charge is 2.21. The van der Waals surface area contributed by atoms with E-state index in [1.165, 1.54) is 11.0 Å². The van der Waals surface area contributed by atoms with Crippen LogP contribution in [0.3, 0.4) is 0 Å². The summed E-state index contributed by atoms with van der Waals surface area (Å²) in [5.41, 5.74) is 5.18. The molecule has 19 heavy (non-hydrogen) atoms. The molecular formula is C13H16F2N2OS. The molecule has 0 heterocycles. The SMILES string of the molecule is CC(C)N(CC(N)=S)C(=O)Cc1c(F)cccc1F. The van der Waals surface area contributed by atoms with E-state index in [1.54, 1.807) is 13.8 Å². The van der Waals surface area contributed by atoms with Crippen LogP contribution in [-0.2, 0) is 11.2 Å². The first-order valence-corrected chi connectivity index (χ1v) is 6.24. The third kappa shape index (κ3) is 4.24. The molecule has 0 radical (unpaired) electrons. The molecular weight excluding hydrogens is 270 g/mol. The molecule has 1 aromatic rings. The summed E-state index contributed by atoms with van der Waals surface area (Å²) in [7, 11) is 0. The van der Waals surface area contributed by atoms with Gasteiger partial charge in [0, 0.05) is 11.6 Å². The molecule has 0 bridgehead atoms. The third-order valence-electron chi connectivity index (χ3n) is 2.66. The van der Waals surface area contributed by atoms with E-state index in [0.717, 1.165) is 12.1 Å². The quantitative estimate of drug-likeness (QED) is 0.843. The first-order valence-electron chi connectivity index (χ1n) is 5.83. The lowest BCUT2D eigenvalue weighted by Gasteiger charge is -2.26. The Labute approximate surface area is 116 Å². The van der Waals surface area contributed by atoms with Crippen LogP contribution in [0.2, 0.25) is 0 Å². The summed E-state index contributed by atoms with van der Waals surface area (Å²) in [6.45, 7) is 3.67. The van der Waals surface area contributed by atoms with Crippen LogP contribution in [-0.4, -0.2) is 28.4 Å². The van der Waals surface area contributed by atoms with Gasteiger partial charge < -0.3 is 10.6 Å². The van der Waals surface area contributed by atoms with Gasteiger partial charge in [0.05, 0.1) is 18.0 Å². The predicted octanol–water partition coefficient (Wildman–Crippen LogP) is 2.03. The molecule has 0 unspecified atom stereocenters. The van der Waals surface area contributed by atoms with Crippen molar-refractivity contribution in [3.05, 3.63) is 35.4 Å². The first kappa shape index (κ1) is 15.5. The number of carbonyl (C=O) groups is 1. The fourth-order valence-electron chi connectivity index (χ4n) is 1.68. The number of halogens is 2. The maximum atomic E-state index is 13.5.